The number of aliphatic hydroxyl groups excluding tert-OH is 1. The first-order chi connectivity index (χ1) is 30.5. The van der Waals surface area contributed by atoms with Crippen LogP contribution in [0.25, 0.3) is 0 Å². The van der Waals surface area contributed by atoms with Crippen molar-refractivity contribution in [1.82, 2.24) is 5.32 Å². The van der Waals surface area contributed by atoms with Gasteiger partial charge >= 0.3 is 0 Å². The van der Waals surface area contributed by atoms with Gasteiger partial charge in [-0.25, -0.2) is 0 Å². The van der Waals surface area contributed by atoms with Crippen LogP contribution in [0.5, 0.6) is 0 Å². The number of nitrogens with one attached hydrogen (secondary N) is 1. The van der Waals surface area contributed by atoms with Gasteiger partial charge in [0, 0.05) is 6.42 Å². The molecule has 0 fully saturated rings. The Morgan fingerprint density at radius 1 is 0.540 bits per heavy atom. The highest BCUT2D eigenvalue weighted by atomic mass is 31.2. The Hall–Kier alpha value is -0.760. The fourth-order valence-electron chi connectivity index (χ4n) is 8.39. The van der Waals surface area contributed by atoms with E-state index in [-0.39, 0.29) is 19.1 Å². The zero-order valence-corrected chi connectivity index (χ0v) is 43.7. The maximum absolute atomic E-state index is 12.9. The van der Waals surface area contributed by atoms with E-state index in [1.807, 2.05) is 27.2 Å². The average molecular weight is 913 g/mol. The van der Waals surface area contributed by atoms with Gasteiger partial charge in [0.25, 0.3) is 7.82 Å². The molecule has 9 heteroatoms. The van der Waals surface area contributed by atoms with Crippen molar-refractivity contribution >= 4 is 13.7 Å². The molecule has 8 nitrogen and oxygen atoms in total. The molecule has 0 aliphatic rings. The largest absolute Gasteiger partial charge is 0.756 e. The second-order valence-electron chi connectivity index (χ2n) is 20.3. The molecule has 3 atom stereocenters. The third kappa shape index (κ3) is 49.0. The van der Waals surface area contributed by atoms with Crippen LogP contribution in [0.1, 0.15) is 277 Å². The van der Waals surface area contributed by atoms with Crippen LogP contribution < -0.4 is 10.2 Å². The van der Waals surface area contributed by atoms with Crippen molar-refractivity contribution in [2.45, 2.75) is 289 Å². The number of likely N-dealkylation sites (N-methyl/N-ethyl adjacent to an activating group) is 1. The highest BCUT2D eigenvalue weighted by molar-refractivity contribution is 7.45. The Morgan fingerprint density at radius 3 is 1.19 bits per heavy atom. The molecule has 0 spiro atoms. The van der Waals surface area contributed by atoms with Crippen molar-refractivity contribution < 1.29 is 32.9 Å². The molecule has 0 rings (SSSR count). The Labute approximate surface area is 392 Å². The van der Waals surface area contributed by atoms with Crippen LogP contribution in [0.2, 0.25) is 0 Å². The fourth-order valence-corrected chi connectivity index (χ4v) is 9.11. The SMILES string of the molecule is CCCCCCCCCCCCCCCCCCCCCC/C=C/C(O)C(COP(=O)([O-])OCC[N+](C)(C)C)NC(=O)CCCCCCCCCCCCCCCCCCCCC. The third-order valence-corrected chi connectivity index (χ3v) is 13.7. The molecule has 0 saturated carbocycles. The second kappa shape index (κ2) is 46.4. The number of hydrogen-bond donors (Lipinski definition) is 2. The molecule has 0 aromatic carbocycles. The number of allylic oxidation sites excluding steroid dienone is 1. The Bertz CT molecular complexity index is 1040. The van der Waals surface area contributed by atoms with Gasteiger partial charge in [0.1, 0.15) is 13.2 Å². The van der Waals surface area contributed by atoms with Crippen molar-refractivity contribution in [3.05, 3.63) is 12.2 Å². The summed E-state index contributed by atoms with van der Waals surface area (Å²) in [6, 6.07) is -0.881. The predicted octanol–water partition coefficient (Wildman–Crippen LogP) is 15.6. The first-order valence-electron chi connectivity index (χ1n) is 27.6. The lowest BCUT2D eigenvalue weighted by Gasteiger charge is -2.29. The lowest BCUT2D eigenvalue weighted by molar-refractivity contribution is -0.870. The monoisotopic (exact) mass is 913 g/mol. The Kier molecular flexibility index (Phi) is 45.8. The van der Waals surface area contributed by atoms with Gasteiger partial charge in [-0.15, -0.1) is 0 Å². The standard InChI is InChI=1S/C54H109N2O6P/c1-6-8-10-12-14-16-18-20-22-24-26-27-28-30-31-33-35-37-39-41-43-45-47-53(57)52(51-62-63(59,60)61-50-49-56(3,4)5)55-54(58)48-46-44-42-40-38-36-34-32-29-25-23-21-19-17-15-13-11-9-7-2/h45,47,52-53,57H,6-44,46,48-51H2,1-5H3,(H-,55,58,59,60)/b47-45+. The van der Waals surface area contributed by atoms with Crippen LogP contribution >= 0.6 is 7.82 Å². The minimum absolute atomic E-state index is 0.00262. The van der Waals surface area contributed by atoms with Crippen molar-refractivity contribution in [1.29, 1.82) is 0 Å². The molecule has 0 radical (unpaired) electrons. The molecular formula is C54H109N2O6P. The van der Waals surface area contributed by atoms with E-state index in [1.54, 1.807) is 6.08 Å². The molecule has 1 amide bonds. The lowest BCUT2D eigenvalue weighted by Crippen LogP contribution is -2.45. The summed E-state index contributed by atoms with van der Waals surface area (Å²) in [7, 11) is 1.28. The van der Waals surface area contributed by atoms with E-state index in [0.717, 1.165) is 38.5 Å². The molecule has 376 valence electrons. The van der Waals surface area contributed by atoms with Gasteiger partial charge in [-0.05, 0) is 19.3 Å². The van der Waals surface area contributed by atoms with Crippen LogP contribution in [0.3, 0.4) is 0 Å². The third-order valence-electron chi connectivity index (χ3n) is 12.7. The number of nitrogens with zero attached hydrogens (tertiary/aromatic N) is 1. The first kappa shape index (κ1) is 62.2. The number of carbonyl (C=O) groups excluding carboxylic acids is 1. The summed E-state index contributed by atoms with van der Waals surface area (Å²) in [6.07, 6.45) is 55.6. The molecule has 0 aromatic heterocycles. The molecule has 0 heterocycles. The molecule has 3 unspecified atom stereocenters. The number of carbonyl (C=O) groups is 1. The summed E-state index contributed by atoms with van der Waals surface area (Å²) < 4.78 is 23.3. The van der Waals surface area contributed by atoms with Crippen LogP contribution in [-0.4, -0.2) is 68.5 Å². The van der Waals surface area contributed by atoms with Crippen molar-refractivity contribution in [3.8, 4) is 0 Å². The van der Waals surface area contributed by atoms with Crippen molar-refractivity contribution in [2.75, 3.05) is 40.9 Å². The van der Waals surface area contributed by atoms with Gasteiger partial charge in [0.2, 0.25) is 5.91 Å². The number of hydrogen-bond acceptors (Lipinski definition) is 6. The van der Waals surface area contributed by atoms with E-state index in [1.165, 1.54) is 218 Å². The van der Waals surface area contributed by atoms with Crippen LogP contribution in [0.15, 0.2) is 12.2 Å². The maximum atomic E-state index is 12.9. The second-order valence-corrected chi connectivity index (χ2v) is 21.7. The molecular weight excluding hydrogens is 804 g/mol. The molecule has 63 heavy (non-hydrogen) atoms. The fraction of sp³-hybridized carbons (Fsp3) is 0.944. The van der Waals surface area contributed by atoms with Crippen molar-refractivity contribution in [3.63, 3.8) is 0 Å². The van der Waals surface area contributed by atoms with E-state index in [4.69, 9.17) is 9.05 Å². The summed E-state index contributed by atoms with van der Waals surface area (Å²) >= 11 is 0. The highest BCUT2D eigenvalue weighted by Crippen LogP contribution is 2.38. The molecule has 0 aliphatic carbocycles. The first-order valence-corrected chi connectivity index (χ1v) is 29.0. The maximum Gasteiger partial charge on any atom is 0.268 e. The minimum Gasteiger partial charge on any atom is -0.756 e. The zero-order chi connectivity index (χ0) is 46.4. The quantitative estimate of drug-likeness (QED) is 0.0272. The summed E-state index contributed by atoms with van der Waals surface area (Å²) in [6.45, 7) is 4.70. The average Bonchev–Trinajstić information content (AvgIpc) is 3.24. The normalized spacial score (nSPS) is 14.1. The molecule has 2 N–H and O–H groups in total. The molecule has 0 aliphatic heterocycles. The van der Waals surface area contributed by atoms with E-state index in [9.17, 15) is 19.4 Å². The van der Waals surface area contributed by atoms with Gasteiger partial charge in [0.15, 0.2) is 0 Å². The summed E-state index contributed by atoms with van der Waals surface area (Å²) in [5.41, 5.74) is 0. The van der Waals surface area contributed by atoms with Crippen LogP contribution in [0, 0.1) is 0 Å². The van der Waals surface area contributed by atoms with Crippen LogP contribution in [0.4, 0.5) is 0 Å². The van der Waals surface area contributed by atoms with Crippen molar-refractivity contribution in [2.24, 2.45) is 0 Å². The number of phosphoric ester groups is 1. The molecule has 0 saturated heterocycles. The smallest absolute Gasteiger partial charge is 0.268 e. The van der Waals surface area contributed by atoms with E-state index in [2.05, 4.69) is 19.2 Å². The van der Waals surface area contributed by atoms with E-state index in [0.29, 0.717) is 17.4 Å². The topological polar surface area (TPSA) is 108 Å². The van der Waals surface area contributed by atoms with Crippen LogP contribution in [-0.2, 0) is 18.4 Å². The summed E-state index contributed by atoms with van der Waals surface area (Å²) in [5.74, 6) is -0.191. The zero-order valence-electron chi connectivity index (χ0n) is 42.8. The number of aliphatic hydroxyl groups is 1. The number of amides is 1. The van der Waals surface area contributed by atoms with Gasteiger partial charge < -0.3 is 28.8 Å². The highest BCUT2D eigenvalue weighted by Gasteiger charge is 2.23. The number of phosphoric acid groups is 1. The molecule has 0 aromatic rings. The predicted molar refractivity (Wildman–Crippen MR) is 270 cm³/mol. The van der Waals surface area contributed by atoms with Gasteiger partial charge in [0.05, 0.1) is 39.9 Å². The van der Waals surface area contributed by atoms with Gasteiger partial charge in [-0.1, -0.05) is 264 Å². The number of unbranched alkanes of at least 4 members (excludes halogenated alkanes) is 38. The summed E-state index contributed by atoms with van der Waals surface area (Å²) in [5, 5.41) is 13.9. The summed E-state index contributed by atoms with van der Waals surface area (Å²) in [4.78, 5) is 25.5. The van der Waals surface area contributed by atoms with E-state index >= 15 is 0 Å². The number of rotatable bonds is 51. The minimum atomic E-state index is -4.59. The Balaban J connectivity index is 4.23. The van der Waals surface area contributed by atoms with Gasteiger partial charge in [-0.3, -0.25) is 9.36 Å². The van der Waals surface area contributed by atoms with Gasteiger partial charge in [-0.2, -0.15) is 0 Å². The molecule has 0 bridgehead atoms. The van der Waals surface area contributed by atoms with E-state index < -0.39 is 20.0 Å². The number of quaternary nitrogens is 1. The lowest BCUT2D eigenvalue weighted by atomic mass is 10.0. The Morgan fingerprint density at radius 2 is 0.857 bits per heavy atom.